The number of piperazine rings is 1. The summed E-state index contributed by atoms with van der Waals surface area (Å²) in [6, 6.07) is 12.0. The highest BCUT2D eigenvalue weighted by atomic mass is 16.2. The lowest BCUT2D eigenvalue weighted by Crippen LogP contribution is -2.47. The minimum absolute atomic E-state index is 0.116. The van der Waals surface area contributed by atoms with Gasteiger partial charge >= 0.3 is 0 Å². The van der Waals surface area contributed by atoms with Crippen LogP contribution >= 0.6 is 0 Å². The van der Waals surface area contributed by atoms with Crippen LogP contribution < -0.4 is 4.90 Å². The Morgan fingerprint density at radius 1 is 0.938 bits per heavy atom. The van der Waals surface area contributed by atoms with Crippen LogP contribution in [0.3, 0.4) is 0 Å². The van der Waals surface area contributed by atoms with Gasteiger partial charge in [0.25, 0.3) is 5.91 Å². The second-order valence-corrected chi connectivity index (χ2v) is 9.09. The van der Waals surface area contributed by atoms with Crippen LogP contribution in [-0.2, 0) is 0 Å². The predicted molar refractivity (Wildman–Crippen MR) is 126 cm³/mol. The number of aromatic nitrogens is 3. The van der Waals surface area contributed by atoms with Crippen molar-refractivity contribution in [3.8, 4) is 0 Å². The van der Waals surface area contributed by atoms with E-state index in [9.17, 15) is 4.79 Å². The van der Waals surface area contributed by atoms with Crippen LogP contribution in [-0.4, -0.2) is 77.0 Å². The number of pyridine rings is 1. The molecule has 0 spiro atoms. The van der Waals surface area contributed by atoms with E-state index in [0.717, 1.165) is 85.2 Å². The fourth-order valence-corrected chi connectivity index (χ4v) is 4.79. The van der Waals surface area contributed by atoms with E-state index in [0.29, 0.717) is 0 Å². The van der Waals surface area contributed by atoms with Crippen LogP contribution in [0.1, 0.15) is 39.8 Å². The molecule has 2 fully saturated rings. The minimum Gasteiger partial charge on any atom is -0.340 e. The van der Waals surface area contributed by atoms with Crippen LogP contribution in [0.2, 0.25) is 0 Å². The zero-order valence-corrected chi connectivity index (χ0v) is 19.1. The Bertz CT molecular complexity index is 1130. The van der Waals surface area contributed by atoms with Crippen molar-refractivity contribution in [3.63, 3.8) is 0 Å². The van der Waals surface area contributed by atoms with Gasteiger partial charge in [-0.05, 0) is 45.5 Å². The SMILES string of the molecule is Cc1cc(C)nc(N2CCC(c3cc(C(=O)N4CCN(C)CC4)c4ccccc4n3)C2)n1. The van der Waals surface area contributed by atoms with Crippen molar-refractivity contribution in [2.24, 2.45) is 0 Å². The molecule has 0 saturated carbocycles. The molecular formula is C25H30N6O. The molecule has 2 aromatic heterocycles. The Balaban J connectivity index is 1.45. The van der Waals surface area contributed by atoms with Crippen LogP contribution in [0.25, 0.3) is 10.9 Å². The molecule has 2 aliphatic rings. The molecular weight excluding hydrogens is 400 g/mol. The van der Waals surface area contributed by atoms with E-state index in [2.05, 4.69) is 26.8 Å². The second kappa shape index (κ2) is 8.47. The zero-order chi connectivity index (χ0) is 22.2. The van der Waals surface area contributed by atoms with Crippen LogP contribution in [0, 0.1) is 13.8 Å². The molecule has 2 saturated heterocycles. The lowest BCUT2D eigenvalue weighted by atomic mass is 9.98. The Morgan fingerprint density at radius 2 is 1.66 bits per heavy atom. The van der Waals surface area contributed by atoms with Crippen LogP contribution in [0.4, 0.5) is 5.95 Å². The molecule has 0 aliphatic carbocycles. The van der Waals surface area contributed by atoms with Gasteiger partial charge in [0.1, 0.15) is 0 Å². The number of para-hydroxylation sites is 1. The first-order chi connectivity index (χ1) is 15.5. The van der Waals surface area contributed by atoms with Crippen molar-refractivity contribution in [1.82, 2.24) is 24.8 Å². The number of benzene rings is 1. The average Bonchev–Trinajstić information content (AvgIpc) is 3.28. The van der Waals surface area contributed by atoms with Gasteiger partial charge in [0.15, 0.2) is 0 Å². The van der Waals surface area contributed by atoms with E-state index in [1.165, 1.54) is 0 Å². The Morgan fingerprint density at radius 3 is 2.41 bits per heavy atom. The Hall–Kier alpha value is -3.06. The predicted octanol–water partition coefficient (Wildman–Crippen LogP) is 3.02. The van der Waals surface area contributed by atoms with Gasteiger partial charge in [-0.15, -0.1) is 0 Å². The van der Waals surface area contributed by atoms with Crippen molar-refractivity contribution in [1.29, 1.82) is 0 Å². The summed E-state index contributed by atoms with van der Waals surface area (Å²) in [6.45, 7) is 9.08. The number of amides is 1. The fourth-order valence-electron chi connectivity index (χ4n) is 4.79. The molecule has 32 heavy (non-hydrogen) atoms. The zero-order valence-electron chi connectivity index (χ0n) is 19.1. The molecule has 0 radical (unpaired) electrons. The van der Waals surface area contributed by atoms with Gasteiger partial charge in [0.2, 0.25) is 5.95 Å². The number of hydrogen-bond donors (Lipinski definition) is 0. The maximum Gasteiger partial charge on any atom is 0.254 e. The highest BCUT2D eigenvalue weighted by molar-refractivity contribution is 6.06. The van der Waals surface area contributed by atoms with E-state index < -0.39 is 0 Å². The minimum atomic E-state index is 0.116. The number of carbonyl (C=O) groups excluding carboxylic acids is 1. The number of likely N-dealkylation sites (N-methyl/N-ethyl adjacent to an activating group) is 1. The summed E-state index contributed by atoms with van der Waals surface area (Å²) >= 11 is 0. The quantitative estimate of drug-likeness (QED) is 0.636. The van der Waals surface area contributed by atoms with E-state index >= 15 is 0 Å². The number of carbonyl (C=O) groups is 1. The number of fused-ring (bicyclic) bond motifs is 1. The molecule has 7 nitrogen and oxygen atoms in total. The number of anilines is 1. The fraction of sp³-hybridized carbons (Fsp3) is 0.440. The highest BCUT2D eigenvalue weighted by Gasteiger charge is 2.29. The van der Waals surface area contributed by atoms with E-state index in [1.807, 2.05) is 55.1 Å². The third-order valence-corrected chi connectivity index (χ3v) is 6.62. The number of nitrogens with zero attached hydrogens (tertiary/aromatic N) is 6. The summed E-state index contributed by atoms with van der Waals surface area (Å²) in [4.78, 5) is 34.2. The molecule has 7 heteroatoms. The number of rotatable bonds is 3. The Kier molecular flexibility index (Phi) is 5.51. The summed E-state index contributed by atoms with van der Waals surface area (Å²) in [5, 5.41) is 0.938. The smallest absolute Gasteiger partial charge is 0.254 e. The lowest BCUT2D eigenvalue weighted by Gasteiger charge is -2.32. The van der Waals surface area contributed by atoms with Gasteiger partial charge in [0, 0.05) is 67.7 Å². The molecule has 4 heterocycles. The molecule has 1 amide bonds. The molecule has 0 bridgehead atoms. The number of aryl methyl sites for hydroxylation is 2. The van der Waals surface area contributed by atoms with Crippen molar-refractivity contribution in [2.45, 2.75) is 26.2 Å². The first-order valence-electron chi connectivity index (χ1n) is 11.4. The molecule has 5 rings (SSSR count). The lowest BCUT2D eigenvalue weighted by molar-refractivity contribution is 0.0666. The average molecular weight is 431 g/mol. The van der Waals surface area contributed by atoms with Gasteiger partial charge in [0.05, 0.1) is 11.1 Å². The maximum absolute atomic E-state index is 13.5. The summed E-state index contributed by atoms with van der Waals surface area (Å²) in [5.74, 6) is 1.16. The third kappa shape index (κ3) is 4.05. The van der Waals surface area contributed by atoms with Gasteiger partial charge in [-0.2, -0.15) is 0 Å². The summed E-state index contributed by atoms with van der Waals surface area (Å²) < 4.78 is 0. The summed E-state index contributed by atoms with van der Waals surface area (Å²) in [7, 11) is 2.10. The van der Waals surface area contributed by atoms with Gasteiger partial charge in [-0.25, -0.2) is 9.97 Å². The van der Waals surface area contributed by atoms with E-state index in [4.69, 9.17) is 4.98 Å². The summed E-state index contributed by atoms with van der Waals surface area (Å²) in [6.07, 6.45) is 0.976. The van der Waals surface area contributed by atoms with Crippen LogP contribution in [0.5, 0.6) is 0 Å². The van der Waals surface area contributed by atoms with Crippen molar-refractivity contribution >= 4 is 22.8 Å². The molecule has 1 aromatic carbocycles. The van der Waals surface area contributed by atoms with Crippen LogP contribution in [0.15, 0.2) is 36.4 Å². The Labute approximate surface area is 189 Å². The molecule has 2 aliphatic heterocycles. The van der Waals surface area contributed by atoms with Crippen molar-refractivity contribution < 1.29 is 4.79 Å². The first-order valence-corrected chi connectivity index (χ1v) is 11.4. The van der Waals surface area contributed by atoms with Crippen molar-refractivity contribution in [3.05, 3.63) is 59.0 Å². The summed E-state index contributed by atoms with van der Waals surface area (Å²) in [5.41, 5.74) is 4.63. The first kappa shape index (κ1) is 20.8. The molecule has 1 atom stereocenters. The maximum atomic E-state index is 13.5. The third-order valence-electron chi connectivity index (χ3n) is 6.62. The molecule has 3 aromatic rings. The highest BCUT2D eigenvalue weighted by Crippen LogP contribution is 2.31. The molecule has 0 N–H and O–H groups in total. The van der Waals surface area contributed by atoms with E-state index in [-0.39, 0.29) is 11.8 Å². The largest absolute Gasteiger partial charge is 0.340 e. The van der Waals surface area contributed by atoms with Gasteiger partial charge in [-0.3, -0.25) is 9.78 Å². The normalized spacial score (nSPS) is 19.7. The number of hydrogen-bond acceptors (Lipinski definition) is 6. The molecule has 166 valence electrons. The standard InChI is InChI=1S/C25H30N6O/c1-17-14-18(2)27-25(26-17)31-9-8-19(16-31)23-15-21(20-6-4-5-7-22(20)28-23)24(32)30-12-10-29(3)11-13-30/h4-7,14-15,19H,8-13,16H2,1-3H3. The van der Waals surface area contributed by atoms with Gasteiger partial charge in [-0.1, -0.05) is 18.2 Å². The molecule has 1 unspecified atom stereocenters. The van der Waals surface area contributed by atoms with E-state index in [1.54, 1.807) is 0 Å². The second-order valence-electron chi connectivity index (χ2n) is 9.09. The monoisotopic (exact) mass is 430 g/mol. The van der Waals surface area contributed by atoms with Crippen molar-refractivity contribution in [2.75, 3.05) is 51.2 Å². The topological polar surface area (TPSA) is 65.5 Å². The van der Waals surface area contributed by atoms with Gasteiger partial charge < -0.3 is 14.7 Å².